The van der Waals surface area contributed by atoms with Crippen molar-refractivity contribution in [2.75, 3.05) is 54.1 Å². The summed E-state index contributed by atoms with van der Waals surface area (Å²) in [6.07, 6.45) is 0.748. The van der Waals surface area contributed by atoms with Crippen molar-refractivity contribution in [3.05, 3.63) is 60.4 Å². The maximum Gasteiger partial charge on any atom is 0.319 e. The molecule has 226 valence electrons. The number of halogens is 2. The van der Waals surface area contributed by atoms with Crippen molar-refractivity contribution in [2.24, 2.45) is 5.92 Å². The largest absolute Gasteiger partial charge is 0.399 e. The highest BCUT2D eigenvalue weighted by Gasteiger charge is 2.25. The van der Waals surface area contributed by atoms with E-state index in [1.54, 1.807) is 54.6 Å². The number of nitrogen functional groups attached to an aromatic ring is 1. The topological polar surface area (TPSA) is 135 Å². The van der Waals surface area contributed by atoms with Crippen LogP contribution in [0, 0.1) is 5.92 Å². The smallest absolute Gasteiger partial charge is 0.319 e. The molecule has 1 aliphatic carbocycles. The number of benzene rings is 2. The number of urea groups is 1. The van der Waals surface area contributed by atoms with Crippen LogP contribution in [0.3, 0.4) is 0 Å². The highest BCUT2D eigenvalue weighted by Crippen LogP contribution is 2.30. The van der Waals surface area contributed by atoms with E-state index in [1.807, 2.05) is 0 Å². The van der Waals surface area contributed by atoms with Gasteiger partial charge in [-0.05, 0) is 68.0 Å². The van der Waals surface area contributed by atoms with Gasteiger partial charge in [-0.25, -0.2) is 18.6 Å². The number of anilines is 4. The number of ether oxygens (including phenoxy) is 1. The van der Waals surface area contributed by atoms with Crippen LogP contribution in [0.5, 0.6) is 0 Å². The predicted molar refractivity (Wildman–Crippen MR) is 162 cm³/mol. The van der Waals surface area contributed by atoms with Gasteiger partial charge in [0.15, 0.2) is 5.82 Å². The molecule has 1 saturated heterocycles. The third kappa shape index (κ3) is 6.77. The van der Waals surface area contributed by atoms with Crippen molar-refractivity contribution >= 4 is 40.2 Å². The third-order valence-electron chi connectivity index (χ3n) is 7.94. The monoisotopic (exact) mass is 591 g/mol. The lowest BCUT2D eigenvalue weighted by Gasteiger charge is -2.30. The third-order valence-corrected chi connectivity index (χ3v) is 7.94. The number of imidazole rings is 1. The number of amides is 2. The molecule has 2 aromatic heterocycles. The molecule has 3 heterocycles. The van der Waals surface area contributed by atoms with Crippen LogP contribution in [0.1, 0.15) is 37.9 Å². The lowest BCUT2D eigenvalue weighted by atomic mass is 9.86. The van der Waals surface area contributed by atoms with Crippen molar-refractivity contribution in [1.29, 1.82) is 0 Å². The molecular formula is C30H35F2N9O2. The summed E-state index contributed by atoms with van der Waals surface area (Å²) in [4.78, 5) is 28.2. The Morgan fingerprint density at radius 1 is 0.977 bits per heavy atom. The lowest BCUT2D eigenvalue weighted by Crippen LogP contribution is -2.40. The highest BCUT2D eigenvalue weighted by molar-refractivity contribution is 5.89. The quantitative estimate of drug-likeness (QED) is 0.211. The summed E-state index contributed by atoms with van der Waals surface area (Å²) in [7, 11) is 0. The van der Waals surface area contributed by atoms with Gasteiger partial charge in [0.2, 0.25) is 5.95 Å². The maximum absolute atomic E-state index is 14.1. The van der Waals surface area contributed by atoms with E-state index in [-0.39, 0.29) is 17.9 Å². The molecule has 1 saturated carbocycles. The average Bonchev–Trinajstić information content (AvgIpc) is 3.42. The van der Waals surface area contributed by atoms with E-state index >= 15 is 0 Å². The normalized spacial score (nSPS) is 19.0. The second kappa shape index (κ2) is 12.8. The number of rotatable bonds is 8. The SMILES string of the molecule is Nc1ccc(NC(=O)N[C@H]2CC[C@H](CNc3nc(N4CCOCC4)cc(-n4c(C(F)F)nc5ccccc54)n3)CC2)cc1. The van der Waals surface area contributed by atoms with Gasteiger partial charge in [-0.2, -0.15) is 9.97 Å². The van der Waals surface area contributed by atoms with Crippen LogP contribution in [0.25, 0.3) is 16.9 Å². The number of nitrogens with two attached hydrogens (primary N) is 1. The van der Waals surface area contributed by atoms with Gasteiger partial charge in [0.05, 0.1) is 24.2 Å². The summed E-state index contributed by atoms with van der Waals surface area (Å²) >= 11 is 0. The zero-order valence-electron chi connectivity index (χ0n) is 23.7. The van der Waals surface area contributed by atoms with Crippen molar-refractivity contribution in [3.63, 3.8) is 0 Å². The van der Waals surface area contributed by atoms with Crippen LogP contribution in [0.4, 0.5) is 36.7 Å². The first kappa shape index (κ1) is 28.6. The van der Waals surface area contributed by atoms with Gasteiger partial charge in [-0.15, -0.1) is 0 Å². The van der Waals surface area contributed by atoms with Crippen LogP contribution in [-0.2, 0) is 4.74 Å². The number of carbonyl (C=O) groups excluding carboxylic acids is 1. The minimum Gasteiger partial charge on any atom is -0.399 e. The van der Waals surface area contributed by atoms with E-state index in [4.69, 9.17) is 15.5 Å². The zero-order valence-corrected chi connectivity index (χ0v) is 23.7. The molecule has 0 atom stereocenters. The van der Waals surface area contributed by atoms with Crippen LogP contribution in [-0.4, -0.2) is 64.4 Å². The van der Waals surface area contributed by atoms with E-state index in [9.17, 15) is 13.6 Å². The van der Waals surface area contributed by atoms with E-state index in [1.165, 1.54) is 4.57 Å². The molecule has 0 radical (unpaired) electrons. The van der Waals surface area contributed by atoms with Crippen LogP contribution in [0.2, 0.25) is 0 Å². The van der Waals surface area contributed by atoms with E-state index in [0.29, 0.717) is 78.8 Å². The fourth-order valence-electron chi connectivity index (χ4n) is 5.67. The number of aromatic nitrogens is 4. The van der Waals surface area contributed by atoms with E-state index in [2.05, 4.69) is 30.8 Å². The summed E-state index contributed by atoms with van der Waals surface area (Å²) < 4.78 is 35.2. The van der Waals surface area contributed by atoms with Crippen LogP contribution < -0.4 is 26.6 Å². The number of fused-ring (bicyclic) bond motifs is 1. The molecule has 0 bridgehead atoms. The second-order valence-electron chi connectivity index (χ2n) is 10.9. The number of carbonyl (C=O) groups is 1. The summed E-state index contributed by atoms with van der Waals surface area (Å²) in [5, 5.41) is 9.28. The molecule has 2 aromatic carbocycles. The van der Waals surface area contributed by atoms with Crippen molar-refractivity contribution in [2.45, 2.75) is 38.2 Å². The second-order valence-corrected chi connectivity index (χ2v) is 10.9. The molecule has 2 amide bonds. The first-order chi connectivity index (χ1) is 20.9. The van der Waals surface area contributed by atoms with Crippen molar-refractivity contribution in [1.82, 2.24) is 24.8 Å². The molecule has 0 unspecified atom stereocenters. The number of para-hydroxylation sites is 2. The summed E-state index contributed by atoms with van der Waals surface area (Å²) in [6, 6.07) is 15.7. The Labute approximate surface area is 247 Å². The molecule has 2 aliphatic rings. The summed E-state index contributed by atoms with van der Waals surface area (Å²) in [6.45, 7) is 3.04. The van der Waals surface area contributed by atoms with Gasteiger partial charge in [0.1, 0.15) is 11.6 Å². The number of hydrogen-bond donors (Lipinski definition) is 4. The standard InChI is InChI=1S/C30H35F2N9O2/c31-27(32)28-37-23-3-1-2-4-24(23)41(28)26-17-25(40-13-15-43-16-14-40)38-29(39-26)34-18-19-5-9-21(10-6-19)35-30(42)36-22-11-7-20(33)8-12-22/h1-4,7-8,11-12,17,19,21,27H,5-6,9-10,13-16,18,33H2,(H,34,38,39)(H2,35,36,42)/t19-,21-. The average molecular weight is 592 g/mol. The molecule has 11 nitrogen and oxygen atoms in total. The van der Waals surface area contributed by atoms with Gasteiger partial charge in [0, 0.05) is 43.1 Å². The minimum absolute atomic E-state index is 0.0832. The first-order valence-corrected chi connectivity index (χ1v) is 14.6. The fourth-order valence-corrected chi connectivity index (χ4v) is 5.67. The molecule has 13 heteroatoms. The van der Waals surface area contributed by atoms with Gasteiger partial charge in [-0.3, -0.25) is 4.57 Å². The fraction of sp³-hybridized carbons (Fsp3) is 0.400. The van der Waals surface area contributed by atoms with Crippen LogP contribution in [0.15, 0.2) is 54.6 Å². The Balaban J connectivity index is 1.14. The lowest BCUT2D eigenvalue weighted by molar-refractivity contribution is 0.122. The molecule has 2 fully saturated rings. The first-order valence-electron chi connectivity index (χ1n) is 14.6. The Hall–Kier alpha value is -4.52. The highest BCUT2D eigenvalue weighted by atomic mass is 19.3. The molecule has 0 spiro atoms. The number of nitrogens with zero attached hydrogens (tertiary/aromatic N) is 5. The summed E-state index contributed by atoms with van der Waals surface area (Å²) in [5.74, 6) is 1.35. The molecule has 43 heavy (non-hydrogen) atoms. The molecule has 5 N–H and O–H groups in total. The minimum atomic E-state index is -2.78. The number of nitrogens with one attached hydrogen (secondary N) is 3. The molecule has 6 rings (SSSR count). The maximum atomic E-state index is 14.1. The van der Waals surface area contributed by atoms with Crippen molar-refractivity contribution < 1.29 is 18.3 Å². The number of hydrogen-bond acceptors (Lipinski definition) is 8. The Kier molecular flexibility index (Phi) is 8.50. The molecule has 1 aliphatic heterocycles. The van der Waals surface area contributed by atoms with Gasteiger partial charge in [0.25, 0.3) is 6.43 Å². The number of morpholine rings is 1. The van der Waals surface area contributed by atoms with Gasteiger partial charge >= 0.3 is 6.03 Å². The Bertz CT molecular complexity index is 1550. The van der Waals surface area contributed by atoms with Gasteiger partial charge in [-0.1, -0.05) is 12.1 Å². The Morgan fingerprint density at radius 2 is 1.70 bits per heavy atom. The summed E-state index contributed by atoms with van der Waals surface area (Å²) in [5.41, 5.74) is 8.07. The van der Waals surface area contributed by atoms with Crippen LogP contribution >= 0.6 is 0 Å². The van der Waals surface area contributed by atoms with E-state index in [0.717, 1.165) is 25.7 Å². The number of alkyl halides is 2. The van der Waals surface area contributed by atoms with Gasteiger partial charge < -0.3 is 31.3 Å². The Morgan fingerprint density at radius 3 is 2.44 bits per heavy atom. The zero-order chi connectivity index (χ0) is 29.8. The molecule has 4 aromatic rings. The molecular weight excluding hydrogens is 556 g/mol. The predicted octanol–water partition coefficient (Wildman–Crippen LogP) is 4.96. The van der Waals surface area contributed by atoms with E-state index < -0.39 is 6.43 Å². The van der Waals surface area contributed by atoms with Crippen molar-refractivity contribution in [3.8, 4) is 5.82 Å².